The fraction of sp³-hybridized carbons (Fsp3) is 0.647. The molecule has 4 heterocycles. The molecule has 9 nitrogen and oxygen atoms in total. The van der Waals surface area contributed by atoms with E-state index in [0.29, 0.717) is 0 Å². The van der Waals surface area contributed by atoms with E-state index in [0.717, 1.165) is 62.7 Å². The maximum Gasteiger partial charge on any atom is 0.315 e. The number of carbonyl (C=O) groups excluding carboxylic acids is 1. The molecule has 2 N–H and O–H groups in total. The Balaban J connectivity index is 1.35. The minimum absolute atomic E-state index is 0.0642. The standard InChI is InChI=1S/C17H26N8O/c1-12-9-15(23(2)22-12)24-7-3-5-13(10-24)20-17(26)21-14-6-4-8-25-16(14)18-11-19-25/h9,11,13-14H,3-8,10H2,1-2H3,(H2,20,21,26). The van der Waals surface area contributed by atoms with Crippen molar-refractivity contribution in [3.8, 4) is 0 Å². The molecule has 0 spiro atoms. The maximum absolute atomic E-state index is 12.5. The molecule has 2 aliphatic heterocycles. The van der Waals surface area contributed by atoms with Crippen molar-refractivity contribution in [1.82, 2.24) is 35.2 Å². The number of rotatable bonds is 3. The van der Waals surface area contributed by atoms with Gasteiger partial charge in [-0.3, -0.25) is 4.68 Å². The number of hydrogen-bond donors (Lipinski definition) is 2. The van der Waals surface area contributed by atoms with Crippen molar-refractivity contribution < 1.29 is 4.79 Å². The van der Waals surface area contributed by atoms with Crippen molar-refractivity contribution in [2.75, 3.05) is 18.0 Å². The number of hydrogen-bond acceptors (Lipinski definition) is 5. The molecular weight excluding hydrogens is 332 g/mol. The molecule has 0 saturated carbocycles. The van der Waals surface area contributed by atoms with Crippen molar-refractivity contribution in [3.63, 3.8) is 0 Å². The second-order valence-corrected chi connectivity index (χ2v) is 7.21. The second-order valence-electron chi connectivity index (χ2n) is 7.21. The first-order chi connectivity index (χ1) is 12.6. The molecule has 2 aromatic heterocycles. The maximum atomic E-state index is 12.5. The van der Waals surface area contributed by atoms with Gasteiger partial charge in [-0.25, -0.2) is 14.5 Å². The number of anilines is 1. The van der Waals surface area contributed by atoms with E-state index in [1.807, 2.05) is 23.3 Å². The summed E-state index contributed by atoms with van der Waals surface area (Å²) < 4.78 is 3.79. The fourth-order valence-corrected chi connectivity index (χ4v) is 4.01. The van der Waals surface area contributed by atoms with Crippen molar-refractivity contribution >= 4 is 11.8 Å². The zero-order valence-electron chi connectivity index (χ0n) is 15.4. The van der Waals surface area contributed by atoms with Crippen LogP contribution >= 0.6 is 0 Å². The van der Waals surface area contributed by atoms with Crippen LogP contribution in [0.15, 0.2) is 12.4 Å². The summed E-state index contributed by atoms with van der Waals surface area (Å²) in [5.41, 5.74) is 1.01. The quantitative estimate of drug-likeness (QED) is 0.858. The number of piperidine rings is 1. The summed E-state index contributed by atoms with van der Waals surface area (Å²) in [6, 6.07) is 2.03. The van der Waals surface area contributed by atoms with E-state index in [1.54, 1.807) is 6.33 Å². The number of aryl methyl sites for hydroxylation is 3. The highest BCUT2D eigenvalue weighted by molar-refractivity contribution is 5.74. The molecule has 26 heavy (non-hydrogen) atoms. The van der Waals surface area contributed by atoms with Crippen LogP contribution in [0, 0.1) is 6.92 Å². The lowest BCUT2D eigenvalue weighted by molar-refractivity contribution is 0.227. The minimum Gasteiger partial charge on any atom is -0.355 e. The highest BCUT2D eigenvalue weighted by Crippen LogP contribution is 2.23. The molecule has 1 fully saturated rings. The first-order valence-corrected chi connectivity index (χ1v) is 9.30. The van der Waals surface area contributed by atoms with E-state index in [2.05, 4.69) is 36.8 Å². The summed E-state index contributed by atoms with van der Waals surface area (Å²) in [5.74, 6) is 1.96. The minimum atomic E-state index is -0.125. The molecule has 2 atom stereocenters. The lowest BCUT2D eigenvalue weighted by Gasteiger charge is -2.34. The monoisotopic (exact) mass is 358 g/mol. The molecule has 0 aromatic carbocycles. The average Bonchev–Trinajstić information content (AvgIpc) is 3.21. The van der Waals surface area contributed by atoms with Crippen LogP contribution in [0.2, 0.25) is 0 Å². The van der Waals surface area contributed by atoms with E-state index in [9.17, 15) is 4.79 Å². The summed E-state index contributed by atoms with van der Waals surface area (Å²) >= 11 is 0. The lowest BCUT2D eigenvalue weighted by Crippen LogP contribution is -2.51. The summed E-state index contributed by atoms with van der Waals surface area (Å²) in [6.07, 6.45) is 5.49. The van der Waals surface area contributed by atoms with Crippen LogP contribution in [0.25, 0.3) is 0 Å². The summed E-state index contributed by atoms with van der Waals surface area (Å²) in [7, 11) is 1.96. The first kappa shape index (κ1) is 16.9. The van der Waals surface area contributed by atoms with Crippen molar-refractivity contribution in [1.29, 1.82) is 0 Å². The van der Waals surface area contributed by atoms with E-state index in [4.69, 9.17) is 0 Å². The van der Waals surface area contributed by atoms with Crippen LogP contribution in [-0.2, 0) is 13.6 Å². The Hall–Kier alpha value is -2.58. The Labute approximate surface area is 152 Å². The highest BCUT2D eigenvalue weighted by atomic mass is 16.2. The molecule has 0 radical (unpaired) electrons. The van der Waals surface area contributed by atoms with Crippen molar-refractivity contribution in [3.05, 3.63) is 23.9 Å². The van der Waals surface area contributed by atoms with Gasteiger partial charge in [-0.05, 0) is 32.6 Å². The van der Waals surface area contributed by atoms with Crippen molar-refractivity contribution in [2.24, 2.45) is 7.05 Å². The lowest BCUT2D eigenvalue weighted by atomic mass is 10.1. The number of nitrogens with zero attached hydrogens (tertiary/aromatic N) is 6. The zero-order chi connectivity index (χ0) is 18.1. The van der Waals surface area contributed by atoms with Gasteiger partial charge >= 0.3 is 6.03 Å². The van der Waals surface area contributed by atoms with E-state index >= 15 is 0 Å². The average molecular weight is 358 g/mol. The molecule has 2 amide bonds. The third-order valence-electron chi connectivity index (χ3n) is 5.18. The number of fused-ring (bicyclic) bond motifs is 1. The molecule has 140 valence electrons. The Kier molecular flexibility index (Phi) is 4.52. The first-order valence-electron chi connectivity index (χ1n) is 9.30. The highest BCUT2D eigenvalue weighted by Gasteiger charge is 2.27. The van der Waals surface area contributed by atoms with Crippen LogP contribution in [0.3, 0.4) is 0 Å². The van der Waals surface area contributed by atoms with Gasteiger partial charge in [0.1, 0.15) is 18.0 Å². The Bertz CT molecular complexity index is 782. The van der Waals surface area contributed by atoms with Gasteiger partial charge in [-0.2, -0.15) is 10.2 Å². The predicted octanol–water partition coefficient (Wildman–Crippen LogP) is 1.12. The van der Waals surface area contributed by atoms with Crippen molar-refractivity contribution in [2.45, 2.75) is 51.2 Å². The number of aromatic nitrogens is 5. The molecule has 2 aliphatic rings. The van der Waals surface area contributed by atoms with Gasteiger partial charge in [0.15, 0.2) is 0 Å². The number of urea groups is 1. The topological polar surface area (TPSA) is 92.9 Å². The predicted molar refractivity (Wildman–Crippen MR) is 96.8 cm³/mol. The van der Waals surface area contributed by atoms with Gasteiger partial charge in [-0.15, -0.1) is 0 Å². The van der Waals surface area contributed by atoms with Crippen LogP contribution in [0.5, 0.6) is 0 Å². The summed E-state index contributed by atoms with van der Waals surface area (Å²) in [6.45, 7) is 4.66. The molecule has 4 rings (SSSR count). The molecule has 0 aliphatic carbocycles. The molecule has 9 heteroatoms. The van der Waals surface area contributed by atoms with Gasteiger partial charge in [0.2, 0.25) is 0 Å². The van der Waals surface area contributed by atoms with Crippen LogP contribution in [0.4, 0.5) is 10.6 Å². The number of carbonyl (C=O) groups is 1. The SMILES string of the molecule is Cc1cc(N2CCCC(NC(=O)NC3CCCn4ncnc43)C2)n(C)n1. The van der Waals surface area contributed by atoms with E-state index < -0.39 is 0 Å². The molecule has 0 bridgehead atoms. The summed E-state index contributed by atoms with van der Waals surface area (Å²) in [5, 5.41) is 14.8. The van der Waals surface area contributed by atoms with Crippen LogP contribution < -0.4 is 15.5 Å². The number of nitrogens with one attached hydrogen (secondary N) is 2. The van der Waals surface area contributed by atoms with Gasteiger partial charge in [0.05, 0.1) is 11.7 Å². The number of amides is 2. The zero-order valence-corrected chi connectivity index (χ0v) is 15.4. The Morgan fingerprint density at radius 1 is 1.23 bits per heavy atom. The van der Waals surface area contributed by atoms with E-state index in [1.165, 1.54) is 0 Å². The van der Waals surface area contributed by atoms with Gasteiger partial charge in [0, 0.05) is 38.8 Å². The van der Waals surface area contributed by atoms with Gasteiger partial charge in [-0.1, -0.05) is 0 Å². The largest absolute Gasteiger partial charge is 0.355 e. The Morgan fingerprint density at radius 2 is 2.08 bits per heavy atom. The third-order valence-corrected chi connectivity index (χ3v) is 5.18. The fourth-order valence-electron chi connectivity index (χ4n) is 4.01. The van der Waals surface area contributed by atoms with Gasteiger partial charge in [0.25, 0.3) is 0 Å². The smallest absolute Gasteiger partial charge is 0.315 e. The normalized spacial score (nSPS) is 22.8. The Morgan fingerprint density at radius 3 is 2.88 bits per heavy atom. The van der Waals surface area contributed by atoms with Crippen LogP contribution in [0.1, 0.15) is 43.2 Å². The molecule has 1 saturated heterocycles. The second kappa shape index (κ2) is 6.97. The molecule has 2 aromatic rings. The summed E-state index contributed by atoms with van der Waals surface area (Å²) in [4.78, 5) is 19.1. The van der Waals surface area contributed by atoms with Crippen LogP contribution in [-0.4, -0.2) is 49.7 Å². The third kappa shape index (κ3) is 3.38. The van der Waals surface area contributed by atoms with Gasteiger partial charge < -0.3 is 15.5 Å². The van der Waals surface area contributed by atoms with E-state index in [-0.39, 0.29) is 18.1 Å². The molecular formula is C17H26N8O. The molecule has 2 unspecified atom stereocenters.